The normalized spacial score (nSPS) is 9.61. The van der Waals surface area contributed by atoms with Gasteiger partial charge in [-0.1, -0.05) is 30.3 Å². The fourth-order valence-corrected chi connectivity index (χ4v) is 2.74. The molecule has 3 N–H and O–H groups in total. The third kappa shape index (κ3) is 3.37. The Morgan fingerprint density at radius 1 is 1.14 bits per heavy atom. The predicted molar refractivity (Wildman–Crippen MR) is 104 cm³/mol. The van der Waals surface area contributed by atoms with Crippen molar-refractivity contribution in [3.8, 4) is 23.3 Å². The second kappa shape index (κ2) is 8.18. The van der Waals surface area contributed by atoms with Crippen LogP contribution in [-0.4, -0.2) is 19.8 Å². The average molecular weight is 366 g/mol. The van der Waals surface area contributed by atoms with Crippen molar-refractivity contribution >= 4 is 17.0 Å². The number of fused-ring (bicyclic) bond motifs is 1. The largest absolute Gasteiger partial charge is 0.392 e. The monoisotopic (exact) mass is 366 g/mol. The molecule has 0 atom stereocenters. The molecule has 8 heteroatoms. The molecule has 3 heterocycles. The number of aromatic nitrogens is 4. The van der Waals surface area contributed by atoms with Crippen LogP contribution in [0.15, 0.2) is 54.9 Å². The number of nitrogens with zero attached hydrogens (tertiary/aromatic N) is 6. The Hall–Kier alpha value is -4.61. The van der Waals surface area contributed by atoms with E-state index in [2.05, 4.69) is 26.2 Å². The van der Waals surface area contributed by atoms with Crippen molar-refractivity contribution in [1.82, 2.24) is 19.8 Å². The number of nitrogen functional groups attached to an aromatic ring is 1. The van der Waals surface area contributed by atoms with E-state index < -0.39 is 0 Å². The molecule has 0 aliphatic heterocycles. The minimum atomic E-state index is 0.248. The van der Waals surface area contributed by atoms with Crippen LogP contribution in [0, 0.1) is 29.2 Å². The van der Waals surface area contributed by atoms with Crippen LogP contribution >= 0.6 is 0 Å². The number of benzene rings is 1. The highest BCUT2D eigenvalue weighted by Crippen LogP contribution is 2.39. The first-order valence-electron chi connectivity index (χ1n) is 8.18. The van der Waals surface area contributed by atoms with E-state index in [1.165, 1.54) is 4.52 Å². The van der Waals surface area contributed by atoms with E-state index in [0.717, 1.165) is 11.3 Å². The van der Waals surface area contributed by atoms with Crippen molar-refractivity contribution in [3.63, 3.8) is 0 Å². The lowest BCUT2D eigenvalue weighted by molar-refractivity contribution is 0.975. The number of anilines is 1. The van der Waals surface area contributed by atoms with Crippen LogP contribution in [0.4, 0.5) is 11.5 Å². The molecule has 0 fully saturated rings. The number of nitrogens with two attached hydrogens (primary N) is 1. The minimum absolute atomic E-state index is 0.248. The zero-order chi connectivity index (χ0) is 19.9. The van der Waals surface area contributed by atoms with Crippen molar-refractivity contribution in [3.05, 3.63) is 77.5 Å². The van der Waals surface area contributed by atoms with Gasteiger partial charge in [0.05, 0.1) is 36.3 Å². The summed E-state index contributed by atoms with van der Waals surface area (Å²) in [5, 5.41) is 28.0. The van der Waals surface area contributed by atoms with Crippen LogP contribution < -0.4 is 5.73 Å². The number of aromatic amines is 1. The van der Waals surface area contributed by atoms with E-state index in [1.807, 2.05) is 36.4 Å². The maximum absolute atomic E-state index is 9.47. The van der Waals surface area contributed by atoms with Gasteiger partial charge in [-0.2, -0.15) is 20.7 Å². The van der Waals surface area contributed by atoms with Gasteiger partial charge in [0.1, 0.15) is 11.9 Å². The zero-order valence-corrected chi connectivity index (χ0v) is 14.7. The minimum Gasteiger partial charge on any atom is -0.392 e. The van der Waals surface area contributed by atoms with Gasteiger partial charge in [-0.25, -0.2) is 9.36 Å². The van der Waals surface area contributed by atoms with Crippen LogP contribution in [0.5, 0.6) is 0 Å². The summed E-state index contributed by atoms with van der Waals surface area (Å²) >= 11 is 0. The van der Waals surface area contributed by atoms with Crippen LogP contribution in [-0.2, 0) is 6.42 Å². The first-order valence-corrected chi connectivity index (χ1v) is 8.18. The summed E-state index contributed by atoms with van der Waals surface area (Å²) < 4.78 is 1.43. The Morgan fingerprint density at radius 3 is 2.54 bits per heavy atom. The van der Waals surface area contributed by atoms with Crippen LogP contribution in [0.3, 0.4) is 0 Å². The molecule has 28 heavy (non-hydrogen) atoms. The van der Waals surface area contributed by atoms with Crippen molar-refractivity contribution in [1.29, 1.82) is 10.5 Å². The Morgan fingerprint density at radius 2 is 1.93 bits per heavy atom. The summed E-state index contributed by atoms with van der Waals surface area (Å²) in [6, 6.07) is 17.0. The van der Waals surface area contributed by atoms with E-state index in [1.54, 1.807) is 24.5 Å². The van der Waals surface area contributed by atoms with E-state index in [4.69, 9.17) is 17.6 Å². The number of nitrogens with one attached hydrogen (secondary N) is 1. The molecule has 134 valence electrons. The maximum Gasteiger partial charge on any atom is 0.237 e. The molecule has 4 aromatic rings. The SMILES string of the molecule is N#CCc1ccn[nH]1.[C-]#[N+]c1c(-c2ccccc2)c(C#N)c2ccnn2c1N. The number of H-pyrrole nitrogens is 1. The molecule has 0 unspecified atom stereocenters. The molecule has 0 aliphatic carbocycles. The smallest absolute Gasteiger partial charge is 0.237 e. The average Bonchev–Trinajstić information content (AvgIpc) is 3.41. The van der Waals surface area contributed by atoms with Gasteiger partial charge in [0, 0.05) is 17.5 Å². The third-order valence-corrected chi connectivity index (χ3v) is 3.97. The molecule has 3 aromatic heterocycles. The van der Waals surface area contributed by atoms with Gasteiger partial charge in [-0.05, 0) is 17.7 Å². The quantitative estimate of drug-likeness (QED) is 0.526. The van der Waals surface area contributed by atoms with E-state index in [-0.39, 0.29) is 11.5 Å². The summed E-state index contributed by atoms with van der Waals surface area (Å²) in [5.41, 5.74) is 9.51. The van der Waals surface area contributed by atoms with Crippen molar-refractivity contribution < 1.29 is 0 Å². The second-order valence-electron chi connectivity index (χ2n) is 5.62. The predicted octanol–water partition coefficient (Wildman–Crippen LogP) is 3.48. The van der Waals surface area contributed by atoms with Gasteiger partial charge in [-0.15, -0.1) is 0 Å². The lowest BCUT2D eigenvalue weighted by Crippen LogP contribution is -2.02. The van der Waals surface area contributed by atoms with Crippen molar-refractivity contribution in [2.45, 2.75) is 6.42 Å². The molecule has 0 saturated carbocycles. The Bertz CT molecular complexity index is 1220. The van der Waals surface area contributed by atoms with Gasteiger partial charge in [0.25, 0.3) is 0 Å². The van der Waals surface area contributed by atoms with Crippen LogP contribution in [0.2, 0.25) is 0 Å². The number of hydrogen-bond donors (Lipinski definition) is 2. The lowest BCUT2D eigenvalue weighted by Gasteiger charge is -2.12. The van der Waals surface area contributed by atoms with Gasteiger partial charge in [0.2, 0.25) is 5.69 Å². The molecule has 0 spiro atoms. The Labute approximate surface area is 160 Å². The first kappa shape index (κ1) is 18.2. The molecule has 0 saturated heterocycles. The molecule has 4 rings (SSSR count). The second-order valence-corrected chi connectivity index (χ2v) is 5.62. The fraction of sp³-hybridized carbons (Fsp3) is 0.0500. The molecule has 8 nitrogen and oxygen atoms in total. The van der Waals surface area contributed by atoms with Gasteiger partial charge < -0.3 is 5.73 Å². The molecule has 0 amide bonds. The molecule has 1 aromatic carbocycles. The number of pyridine rings is 1. The standard InChI is InChI=1S/C15H9N5.C5H5N3/c1-18-14-13(10-5-3-2-4-6-10)11(9-16)12-7-8-19-20(12)15(14)17;6-3-1-5-2-4-7-8-5/h2-8H,17H2;2,4H,1H2,(H,7,8). The Kier molecular flexibility index (Phi) is 5.31. The number of rotatable bonds is 2. The molecular weight excluding hydrogens is 352 g/mol. The van der Waals surface area contributed by atoms with E-state index in [9.17, 15) is 5.26 Å². The number of nitriles is 2. The van der Waals surface area contributed by atoms with Gasteiger partial charge in [0.15, 0.2) is 0 Å². The van der Waals surface area contributed by atoms with Crippen molar-refractivity contribution in [2.75, 3.05) is 5.73 Å². The highest BCUT2D eigenvalue weighted by atomic mass is 15.3. The van der Waals surface area contributed by atoms with Crippen LogP contribution in [0.1, 0.15) is 11.3 Å². The summed E-state index contributed by atoms with van der Waals surface area (Å²) in [7, 11) is 0. The Balaban J connectivity index is 0.000000236. The van der Waals surface area contributed by atoms with Crippen LogP contribution in [0.25, 0.3) is 21.5 Å². The molecule has 0 aliphatic rings. The molecular formula is C20H14N8. The van der Waals surface area contributed by atoms with E-state index >= 15 is 0 Å². The summed E-state index contributed by atoms with van der Waals surface area (Å²) in [6.07, 6.45) is 3.61. The highest BCUT2D eigenvalue weighted by molar-refractivity contribution is 5.94. The van der Waals surface area contributed by atoms with Gasteiger partial charge >= 0.3 is 0 Å². The first-order chi connectivity index (χ1) is 13.7. The van der Waals surface area contributed by atoms with Gasteiger partial charge in [-0.3, -0.25) is 5.10 Å². The summed E-state index contributed by atoms with van der Waals surface area (Å²) in [4.78, 5) is 3.50. The summed E-state index contributed by atoms with van der Waals surface area (Å²) in [5.74, 6) is 0.248. The lowest BCUT2D eigenvalue weighted by atomic mass is 9.98. The number of hydrogen-bond acceptors (Lipinski definition) is 5. The highest BCUT2D eigenvalue weighted by Gasteiger charge is 2.19. The van der Waals surface area contributed by atoms with E-state index in [0.29, 0.717) is 23.1 Å². The third-order valence-electron chi connectivity index (χ3n) is 3.97. The topological polar surface area (TPSA) is 124 Å². The fourth-order valence-electron chi connectivity index (χ4n) is 2.74. The molecule has 0 bridgehead atoms. The molecule has 0 radical (unpaired) electrons. The van der Waals surface area contributed by atoms with Crippen molar-refractivity contribution in [2.24, 2.45) is 0 Å². The zero-order valence-electron chi connectivity index (χ0n) is 14.7. The summed E-state index contributed by atoms with van der Waals surface area (Å²) in [6.45, 7) is 7.37. The maximum atomic E-state index is 9.47.